The zero-order valence-electron chi connectivity index (χ0n) is 10.9. The number of nitrogens with one attached hydrogen (secondary N) is 1. The molecule has 1 fully saturated rings. The van der Waals surface area contributed by atoms with Crippen molar-refractivity contribution in [3.8, 4) is 0 Å². The summed E-state index contributed by atoms with van der Waals surface area (Å²) in [7, 11) is 0. The van der Waals surface area contributed by atoms with Gasteiger partial charge in [0.05, 0.1) is 0 Å². The first-order chi connectivity index (χ1) is 8.70. The van der Waals surface area contributed by atoms with E-state index in [0.29, 0.717) is 5.02 Å². The second-order valence-corrected chi connectivity index (χ2v) is 5.64. The second-order valence-electron chi connectivity index (χ2n) is 5.21. The summed E-state index contributed by atoms with van der Waals surface area (Å²) in [6.07, 6.45) is 6.02. The lowest BCUT2D eigenvalue weighted by Gasteiger charge is -2.30. The largest absolute Gasteiger partial charge is 0.310 e. The molecule has 1 N–H and O–H groups in total. The van der Waals surface area contributed by atoms with Crippen LogP contribution in [-0.4, -0.2) is 6.54 Å². The fourth-order valence-corrected chi connectivity index (χ4v) is 2.64. The quantitative estimate of drug-likeness (QED) is 0.789. The van der Waals surface area contributed by atoms with E-state index in [9.17, 15) is 4.39 Å². The van der Waals surface area contributed by atoms with Gasteiger partial charge in [-0.15, -0.1) is 0 Å². The van der Waals surface area contributed by atoms with E-state index in [-0.39, 0.29) is 11.9 Å². The van der Waals surface area contributed by atoms with Crippen molar-refractivity contribution in [3.05, 3.63) is 34.6 Å². The number of hydrogen-bond donors (Lipinski definition) is 1. The van der Waals surface area contributed by atoms with Crippen LogP contribution in [0.2, 0.25) is 5.02 Å². The van der Waals surface area contributed by atoms with Gasteiger partial charge in [0.2, 0.25) is 0 Å². The van der Waals surface area contributed by atoms with Crippen molar-refractivity contribution in [2.24, 2.45) is 5.92 Å². The van der Waals surface area contributed by atoms with Crippen LogP contribution < -0.4 is 5.32 Å². The molecule has 1 atom stereocenters. The number of benzene rings is 1. The minimum atomic E-state index is -0.185. The van der Waals surface area contributed by atoms with E-state index in [1.54, 1.807) is 6.07 Å². The van der Waals surface area contributed by atoms with Crippen molar-refractivity contribution in [1.29, 1.82) is 0 Å². The maximum atomic E-state index is 14.0. The summed E-state index contributed by atoms with van der Waals surface area (Å²) in [4.78, 5) is 0. The molecule has 1 aromatic carbocycles. The van der Waals surface area contributed by atoms with Crippen LogP contribution in [0, 0.1) is 11.7 Å². The Kier molecular flexibility index (Phi) is 5.02. The van der Waals surface area contributed by atoms with Crippen molar-refractivity contribution >= 4 is 11.6 Å². The minimum absolute atomic E-state index is 0.132. The molecule has 0 saturated heterocycles. The molecule has 1 aliphatic carbocycles. The highest BCUT2D eigenvalue weighted by molar-refractivity contribution is 6.30. The van der Waals surface area contributed by atoms with Crippen LogP contribution in [0.5, 0.6) is 0 Å². The summed E-state index contributed by atoms with van der Waals surface area (Å²) < 4.78 is 14.0. The van der Waals surface area contributed by atoms with Gasteiger partial charge in [0.25, 0.3) is 0 Å². The topological polar surface area (TPSA) is 12.0 Å². The predicted octanol–water partition coefficient (Wildman–Crippen LogP) is 4.71. The Labute approximate surface area is 114 Å². The molecular weight excluding hydrogens is 249 g/mol. The highest BCUT2D eigenvalue weighted by atomic mass is 35.5. The monoisotopic (exact) mass is 269 g/mol. The van der Waals surface area contributed by atoms with Crippen LogP contribution in [0.25, 0.3) is 0 Å². The number of hydrogen-bond acceptors (Lipinski definition) is 1. The lowest BCUT2D eigenvalue weighted by molar-refractivity contribution is 0.259. The fraction of sp³-hybridized carbons (Fsp3) is 0.600. The molecule has 1 aromatic rings. The van der Waals surface area contributed by atoms with Gasteiger partial charge in [-0.3, -0.25) is 0 Å². The van der Waals surface area contributed by atoms with Gasteiger partial charge >= 0.3 is 0 Å². The Bertz CT molecular complexity index is 390. The highest BCUT2D eigenvalue weighted by Gasteiger charge is 2.24. The predicted molar refractivity (Wildman–Crippen MR) is 74.4 cm³/mol. The zero-order valence-corrected chi connectivity index (χ0v) is 11.6. The van der Waals surface area contributed by atoms with Crippen molar-refractivity contribution < 1.29 is 4.39 Å². The van der Waals surface area contributed by atoms with Crippen LogP contribution in [0.15, 0.2) is 18.2 Å². The molecule has 0 heterocycles. The van der Waals surface area contributed by atoms with E-state index in [4.69, 9.17) is 11.6 Å². The van der Waals surface area contributed by atoms with Crippen molar-refractivity contribution in [1.82, 2.24) is 5.32 Å². The van der Waals surface area contributed by atoms with Gasteiger partial charge < -0.3 is 5.32 Å². The van der Waals surface area contributed by atoms with E-state index in [0.717, 1.165) is 30.9 Å². The molecule has 18 heavy (non-hydrogen) atoms. The number of halogens is 2. The molecule has 3 heteroatoms. The van der Waals surface area contributed by atoms with Gasteiger partial charge in [-0.1, -0.05) is 43.9 Å². The third-order valence-corrected chi connectivity index (χ3v) is 4.01. The summed E-state index contributed by atoms with van der Waals surface area (Å²) >= 11 is 5.81. The maximum absolute atomic E-state index is 14.0. The Morgan fingerprint density at radius 3 is 2.78 bits per heavy atom. The summed E-state index contributed by atoms with van der Waals surface area (Å²) in [5, 5.41) is 3.93. The molecule has 0 amide bonds. The van der Waals surface area contributed by atoms with Crippen LogP contribution >= 0.6 is 11.6 Å². The van der Waals surface area contributed by atoms with E-state index >= 15 is 0 Å². The normalized spacial score (nSPS) is 17.5. The fourth-order valence-electron chi connectivity index (χ4n) is 2.48. The van der Waals surface area contributed by atoms with Gasteiger partial charge in [0.1, 0.15) is 5.82 Å². The molecule has 1 aliphatic rings. The third kappa shape index (κ3) is 3.46. The van der Waals surface area contributed by atoms with Gasteiger partial charge in [0.15, 0.2) is 0 Å². The van der Waals surface area contributed by atoms with Crippen molar-refractivity contribution in [2.45, 2.75) is 45.1 Å². The SMILES string of the molecule is CCCNC(CC1CCC1)c1ccc(Cl)cc1F. The third-order valence-electron chi connectivity index (χ3n) is 3.77. The molecule has 1 nitrogen and oxygen atoms in total. The summed E-state index contributed by atoms with van der Waals surface area (Å²) in [5.41, 5.74) is 0.764. The summed E-state index contributed by atoms with van der Waals surface area (Å²) in [6.45, 7) is 3.06. The van der Waals surface area contributed by atoms with E-state index in [1.165, 1.54) is 25.3 Å². The van der Waals surface area contributed by atoms with E-state index < -0.39 is 0 Å². The molecule has 0 bridgehead atoms. The molecule has 1 unspecified atom stereocenters. The van der Waals surface area contributed by atoms with Crippen LogP contribution in [0.4, 0.5) is 4.39 Å². The minimum Gasteiger partial charge on any atom is -0.310 e. The first-order valence-electron chi connectivity index (χ1n) is 6.89. The summed E-state index contributed by atoms with van der Waals surface area (Å²) in [5.74, 6) is 0.574. The van der Waals surface area contributed by atoms with Crippen molar-refractivity contribution in [3.63, 3.8) is 0 Å². The first-order valence-corrected chi connectivity index (χ1v) is 7.26. The van der Waals surface area contributed by atoms with Gasteiger partial charge in [-0.25, -0.2) is 4.39 Å². The molecule has 0 spiro atoms. The second kappa shape index (κ2) is 6.53. The molecule has 0 aromatic heterocycles. The van der Waals surface area contributed by atoms with Crippen molar-refractivity contribution in [2.75, 3.05) is 6.54 Å². The average Bonchev–Trinajstić information content (AvgIpc) is 2.28. The highest BCUT2D eigenvalue weighted by Crippen LogP contribution is 2.35. The summed E-state index contributed by atoms with van der Waals surface area (Å²) in [6, 6.07) is 5.15. The average molecular weight is 270 g/mol. The Balaban J connectivity index is 2.09. The molecule has 1 saturated carbocycles. The molecule has 100 valence electrons. The molecule has 2 rings (SSSR count). The number of rotatable bonds is 6. The molecule has 0 radical (unpaired) electrons. The van der Waals surface area contributed by atoms with Gasteiger partial charge in [0, 0.05) is 16.6 Å². The van der Waals surface area contributed by atoms with Gasteiger partial charge in [-0.05, 0) is 37.4 Å². The van der Waals surface area contributed by atoms with Gasteiger partial charge in [-0.2, -0.15) is 0 Å². The first kappa shape index (κ1) is 13.8. The van der Waals surface area contributed by atoms with Crippen LogP contribution in [0.3, 0.4) is 0 Å². The van der Waals surface area contributed by atoms with Crippen LogP contribution in [0.1, 0.15) is 50.6 Å². The van der Waals surface area contributed by atoms with E-state index in [1.807, 2.05) is 6.07 Å². The standard InChI is InChI=1S/C15H21ClFN/c1-2-8-18-15(9-11-4-3-5-11)13-7-6-12(16)10-14(13)17/h6-7,10-11,15,18H,2-5,8-9H2,1H3. The Hall–Kier alpha value is -0.600. The Morgan fingerprint density at radius 1 is 1.44 bits per heavy atom. The molecular formula is C15H21ClFN. The Morgan fingerprint density at radius 2 is 2.22 bits per heavy atom. The van der Waals surface area contributed by atoms with E-state index in [2.05, 4.69) is 12.2 Å². The lowest BCUT2D eigenvalue weighted by atomic mass is 9.79. The smallest absolute Gasteiger partial charge is 0.129 e. The molecule has 0 aliphatic heterocycles. The zero-order chi connectivity index (χ0) is 13.0. The van der Waals surface area contributed by atoms with Crippen LogP contribution in [-0.2, 0) is 0 Å². The lowest BCUT2D eigenvalue weighted by Crippen LogP contribution is -2.27. The maximum Gasteiger partial charge on any atom is 0.129 e.